The predicted molar refractivity (Wildman–Crippen MR) is 59.1 cm³/mol. The van der Waals surface area contributed by atoms with E-state index in [-0.39, 0.29) is 5.41 Å². The van der Waals surface area contributed by atoms with E-state index >= 15 is 0 Å². The van der Waals surface area contributed by atoms with Crippen molar-refractivity contribution in [3.63, 3.8) is 0 Å². The van der Waals surface area contributed by atoms with Crippen molar-refractivity contribution in [2.24, 2.45) is 5.41 Å². The summed E-state index contributed by atoms with van der Waals surface area (Å²) < 4.78 is 5.39. The Morgan fingerprint density at radius 2 is 2.29 bits per heavy atom. The average Bonchev–Trinajstić information content (AvgIpc) is 2.15. The molecule has 80 valence electrons. The first kappa shape index (κ1) is 11.6. The lowest BCUT2D eigenvalue weighted by Gasteiger charge is -2.51. The van der Waals surface area contributed by atoms with Gasteiger partial charge >= 0.3 is 0 Å². The van der Waals surface area contributed by atoms with Crippen molar-refractivity contribution >= 4 is 0 Å². The molecule has 2 heteroatoms. The largest absolute Gasteiger partial charge is 0.381 e. The summed E-state index contributed by atoms with van der Waals surface area (Å²) in [6, 6.07) is 0.588. The van der Waals surface area contributed by atoms with Crippen LogP contribution in [0.15, 0.2) is 0 Å². The maximum absolute atomic E-state index is 5.39. The highest BCUT2D eigenvalue weighted by Crippen LogP contribution is 2.42. The van der Waals surface area contributed by atoms with Gasteiger partial charge < -0.3 is 10.1 Å². The molecule has 1 N–H and O–H groups in total. The van der Waals surface area contributed by atoms with Gasteiger partial charge in [-0.15, -0.1) is 12.3 Å². The van der Waals surface area contributed by atoms with Gasteiger partial charge in [0, 0.05) is 25.0 Å². The summed E-state index contributed by atoms with van der Waals surface area (Å²) in [5.41, 5.74) is 0.269. The van der Waals surface area contributed by atoms with Crippen molar-refractivity contribution in [2.45, 2.75) is 45.3 Å². The minimum Gasteiger partial charge on any atom is -0.381 e. The van der Waals surface area contributed by atoms with Crippen LogP contribution in [0.2, 0.25) is 0 Å². The standard InChI is InChI=1S/C12H21NO/c1-5-6-7-8-13-10-9-11(14-4)12(10,2)3/h1,10-11,13H,6-9H2,2-4H3. The van der Waals surface area contributed by atoms with Crippen LogP contribution in [0.1, 0.15) is 33.1 Å². The van der Waals surface area contributed by atoms with Crippen molar-refractivity contribution in [2.75, 3.05) is 13.7 Å². The Balaban J connectivity index is 2.19. The molecule has 0 amide bonds. The second-order valence-electron chi connectivity index (χ2n) is 4.60. The van der Waals surface area contributed by atoms with Crippen molar-refractivity contribution in [3.8, 4) is 12.3 Å². The van der Waals surface area contributed by atoms with Crippen LogP contribution in [0.4, 0.5) is 0 Å². The molecule has 0 aromatic rings. The zero-order valence-corrected chi connectivity index (χ0v) is 9.47. The van der Waals surface area contributed by atoms with Gasteiger partial charge in [-0.05, 0) is 19.4 Å². The smallest absolute Gasteiger partial charge is 0.0652 e. The lowest BCUT2D eigenvalue weighted by atomic mass is 9.64. The van der Waals surface area contributed by atoms with Crippen LogP contribution < -0.4 is 5.32 Å². The lowest BCUT2D eigenvalue weighted by Crippen LogP contribution is -2.60. The molecule has 1 rings (SSSR count). The monoisotopic (exact) mass is 195 g/mol. The van der Waals surface area contributed by atoms with Gasteiger partial charge in [-0.3, -0.25) is 0 Å². The molecule has 2 nitrogen and oxygen atoms in total. The highest BCUT2D eigenvalue weighted by molar-refractivity contribution is 5.02. The summed E-state index contributed by atoms with van der Waals surface area (Å²) in [5.74, 6) is 2.65. The number of unbranched alkanes of at least 4 members (excludes halogenated alkanes) is 1. The third-order valence-electron chi connectivity index (χ3n) is 3.35. The van der Waals surface area contributed by atoms with Crippen LogP contribution >= 0.6 is 0 Å². The van der Waals surface area contributed by atoms with Crippen molar-refractivity contribution in [1.29, 1.82) is 0 Å². The van der Waals surface area contributed by atoms with Crippen LogP contribution in [0.25, 0.3) is 0 Å². The predicted octanol–water partition coefficient (Wildman–Crippen LogP) is 1.80. The molecule has 0 aromatic heterocycles. The first-order chi connectivity index (χ1) is 6.62. The first-order valence-corrected chi connectivity index (χ1v) is 5.32. The number of hydrogen-bond acceptors (Lipinski definition) is 2. The van der Waals surface area contributed by atoms with Gasteiger partial charge in [-0.25, -0.2) is 0 Å². The second-order valence-corrected chi connectivity index (χ2v) is 4.60. The van der Waals surface area contributed by atoms with Crippen LogP contribution in [0.3, 0.4) is 0 Å². The molecule has 1 fully saturated rings. The molecule has 1 aliphatic rings. The zero-order valence-electron chi connectivity index (χ0n) is 9.47. The first-order valence-electron chi connectivity index (χ1n) is 5.32. The summed E-state index contributed by atoms with van der Waals surface area (Å²) in [5, 5.41) is 3.53. The van der Waals surface area contributed by atoms with Gasteiger partial charge in [0.15, 0.2) is 0 Å². The molecule has 1 saturated carbocycles. The molecule has 0 aromatic carbocycles. The van der Waals surface area contributed by atoms with E-state index in [9.17, 15) is 0 Å². The Labute approximate surface area is 87.4 Å². The number of hydrogen-bond donors (Lipinski definition) is 1. The SMILES string of the molecule is C#CCCCNC1CC(OC)C1(C)C. The molecule has 0 heterocycles. The number of terminal acetylenes is 1. The van der Waals surface area contributed by atoms with Gasteiger partial charge in [0.25, 0.3) is 0 Å². The van der Waals surface area contributed by atoms with Gasteiger partial charge in [0.2, 0.25) is 0 Å². The lowest BCUT2D eigenvalue weighted by molar-refractivity contribution is -0.0972. The number of nitrogens with one attached hydrogen (secondary N) is 1. The third-order valence-corrected chi connectivity index (χ3v) is 3.35. The van der Waals surface area contributed by atoms with E-state index in [1.807, 2.05) is 0 Å². The normalized spacial score (nSPS) is 29.3. The van der Waals surface area contributed by atoms with Gasteiger partial charge in [-0.2, -0.15) is 0 Å². The molecule has 0 bridgehead atoms. The fourth-order valence-electron chi connectivity index (χ4n) is 2.10. The maximum atomic E-state index is 5.39. The maximum Gasteiger partial charge on any atom is 0.0652 e. The molecule has 2 atom stereocenters. The molecule has 0 saturated heterocycles. The van der Waals surface area contributed by atoms with E-state index in [1.165, 1.54) is 0 Å². The highest BCUT2D eigenvalue weighted by Gasteiger charge is 2.47. The summed E-state index contributed by atoms with van der Waals surface area (Å²) in [7, 11) is 1.79. The van der Waals surface area contributed by atoms with Crippen LogP contribution in [-0.4, -0.2) is 25.8 Å². The topological polar surface area (TPSA) is 21.3 Å². The van der Waals surface area contributed by atoms with Gasteiger partial charge in [0.05, 0.1) is 6.10 Å². The third kappa shape index (κ3) is 2.29. The van der Waals surface area contributed by atoms with Crippen LogP contribution in [-0.2, 0) is 4.74 Å². The number of methoxy groups -OCH3 is 1. The second kappa shape index (κ2) is 4.82. The van der Waals surface area contributed by atoms with Gasteiger partial charge in [-0.1, -0.05) is 13.8 Å². The Kier molecular flexibility index (Phi) is 3.97. The van der Waals surface area contributed by atoms with Crippen LogP contribution in [0.5, 0.6) is 0 Å². The van der Waals surface area contributed by atoms with E-state index < -0.39 is 0 Å². The van der Waals surface area contributed by atoms with Crippen molar-refractivity contribution < 1.29 is 4.74 Å². The zero-order chi connectivity index (χ0) is 10.6. The number of rotatable bonds is 5. The Morgan fingerprint density at radius 3 is 2.79 bits per heavy atom. The van der Waals surface area contributed by atoms with Crippen molar-refractivity contribution in [1.82, 2.24) is 5.32 Å². The molecule has 2 unspecified atom stereocenters. The Hall–Kier alpha value is -0.520. The fraction of sp³-hybridized carbons (Fsp3) is 0.833. The summed E-state index contributed by atoms with van der Waals surface area (Å²) in [4.78, 5) is 0. The average molecular weight is 195 g/mol. The molecule has 1 aliphatic carbocycles. The van der Waals surface area contributed by atoms with E-state index in [0.717, 1.165) is 25.8 Å². The Bertz CT molecular complexity index is 217. The summed E-state index contributed by atoms with van der Waals surface area (Å²) >= 11 is 0. The van der Waals surface area contributed by atoms with E-state index in [4.69, 9.17) is 11.2 Å². The summed E-state index contributed by atoms with van der Waals surface area (Å²) in [6.45, 7) is 5.53. The molecular formula is C12H21NO. The Morgan fingerprint density at radius 1 is 1.57 bits per heavy atom. The fourth-order valence-corrected chi connectivity index (χ4v) is 2.10. The highest BCUT2D eigenvalue weighted by atomic mass is 16.5. The minimum absolute atomic E-state index is 0.269. The van der Waals surface area contributed by atoms with E-state index in [0.29, 0.717) is 12.1 Å². The quantitative estimate of drug-likeness (QED) is 0.533. The molecule has 0 spiro atoms. The minimum atomic E-state index is 0.269. The number of ether oxygens (including phenoxy) is 1. The van der Waals surface area contributed by atoms with Gasteiger partial charge in [0.1, 0.15) is 0 Å². The van der Waals surface area contributed by atoms with E-state index in [1.54, 1.807) is 7.11 Å². The summed E-state index contributed by atoms with van der Waals surface area (Å²) in [6.07, 6.45) is 8.66. The molecule has 0 aliphatic heterocycles. The van der Waals surface area contributed by atoms with Crippen LogP contribution in [0, 0.1) is 17.8 Å². The van der Waals surface area contributed by atoms with Crippen molar-refractivity contribution in [3.05, 3.63) is 0 Å². The molecule has 14 heavy (non-hydrogen) atoms. The molecular weight excluding hydrogens is 174 g/mol. The molecule has 0 radical (unpaired) electrons. The van der Waals surface area contributed by atoms with E-state index in [2.05, 4.69) is 25.1 Å².